The summed E-state index contributed by atoms with van der Waals surface area (Å²) in [6.07, 6.45) is 4.62. The number of benzene rings is 1. The van der Waals surface area contributed by atoms with Crippen molar-refractivity contribution in [1.82, 2.24) is 24.9 Å². The van der Waals surface area contributed by atoms with Gasteiger partial charge < -0.3 is 14.4 Å². The number of hydrogen-bond acceptors (Lipinski definition) is 6. The van der Waals surface area contributed by atoms with Crippen molar-refractivity contribution in [2.24, 2.45) is 0 Å². The molecule has 1 aromatic carbocycles. The molecule has 3 heterocycles. The molecule has 8 nitrogen and oxygen atoms in total. The standard InChI is InChI=1S/C21H22BrN5O3/c1-14-3-5-19(27-24-7-8-25-27)18(9-14)21(28)26-11-17(29-12-15(26)2)13-30-20-6-4-16(22)10-23-20/h3-10,15,17H,11-13H2,1-2H3/t15-,17+/m0/s1. The molecule has 30 heavy (non-hydrogen) atoms. The maximum absolute atomic E-state index is 13.5. The van der Waals surface area contributed by atoms with Crippen molar-refractivity contribution in [2.75, 3.05) is 19.8 Å². The van der Waals surface area contributed by atoms with E-state index >= 15 is 0 Å². The summed E-state index contributed by atoms with van der Waals surface area (Å²) in [7, 11) is 0. The summed E-state index contributed by atoms with van der Waals surface area (Å²) in [5, 5.41) is 8.37. The first-order chi connectivity index (χ1) is 14.5. The van der Waals surface area contributed by atoms with Gasteiger partial charge in [0.15, 0.2) is 0 Å². The third-order valence-corrected chi connectivity index (χ3v) is 5.37. The summed E-state index contributed by atoms with van der Waals surface area (Å²) in [4.78, 5) is 21.0. The molecule has 0 aliphatic carbocycles. The zero-order valence-electron chi connectivity index (χ0n) is 16.7. The fourth-order valence-electron chi connectivity index (χ4n) is 3.32. The molecule has 156 valence electrons. The van der Waals surface area contributed by atoms with Crippen molar-refractivity contribution >= 4 is 21.8 Å². The first-order valence-corrected chi connectivity index (χ1v) is 10.4. The summed E-state index contributed by atoms with van der Waals surface area (Å²) in [6.45, 7) is 5.12. The second-order valence-electron chi connectivity index (χ2n) is 7.23. The van der Waals surface area contributed by atoms with Crippen LogP contribution in [0.1, 0.15) is 22.8 Å². The molecular formula is C21H22BrN5O3. The van der Waals surface area contributed by atoms with Crippen molar-refractivity contribution in [3.63, 3.8) is 0 Å². The summed E-state index contributed by atoms with van der Waals surface area (Å²) in [6, 6.07) is 9.28. The number of ether oxygens (including phenoxy) is 2. The van der Waals surface area contributed by atoms with Gasteiger partial charge in [-0.3, -0.25) is 4.79 Å². The van der Waals surface area contributed by atoms with Crippen LogP contribution in [0.25, 0.3) is 5.69 Å². The maximum atomic E-state index is 13.5. The Morgan fingerprint density at radius 3 is 2.80 bits per heavy atom. The van der Waals surface area contributed by atoms with Crippen molar-refractivity contribution in [2.45, 2.75) is 26.0 Å². The smallest absolute Gasteiger partial charge is 0.256 e. The van der Waals surface area contributed by atoms with Gasteiger partial charge in [-0.05, 0) is 48.0 Å². The van der Waals surface area contributed by atoms with Crippen LogP contribution in [0.3, 0.4) is 0 Å². The molecule has 0 bridgehead atoms. The van der Waals surface area contributed by atoms with Gasteiger partial charge in [-0.15, -0.1) is 0 Å². The number of aryl methyl sites for hydroxylation is 1. The Morgan fingerprint density at radius 1 is 1.27 bits per heavy atom. The zero-order chi connectivity index (χ0) is 21.1. The predicted octanol–water partition coefficient (Wildman–Crippen LogP) is 3.04. The van der Waals surface area contributed by atoms with Gasteiger partial charge in [0, 0.05) is 16.7 Å². The number of hydrogen-bond donors (Lipinski definition) is 0. The Labute approximate surface area is 182 Å². The number of carbonyl (C=O) groups excluding carboxylic acids is 1. The lowest BCUT2D eigenvalue weighted by molar-refractivity contribution is -0.0632. The average Bonchev–Trinajstić information content (AvgIpc) is 3.28. The third-order valence-electron chi connectivity index (χ3n) is 4.90. The molecule has 3 aromatic rings. The van der Waals surface area contributed by atoms with Crippen molar-refractivity contribution in [3.8, 4) is 11.6 Å². The molecule has 9 heteroatoms. The summed E-state index contributed by atoms with van der Waals surface area (Å²) in [5.41, 5.74) is 2.21. The normalized spacial score (nSPS) is 19.0. The van der Waals surface area contributed by atoms with E-state index in [1.165, 1.54) is 4.80 Å². The summed E-state index contributed by atoms with van der Waals surface area (Å²) >= 11 is 3.35. The molecule has 1 fully saturated rings. The Bertz CT molecular complexity index is 1010. The van der Waals surface area contributed by atoms with Gasteiger partial charge in [0.05, 0.1) is 42.8 Å². The number of pyridine rings is 1. The molecule has 1 amide bonds. The van der Waals surface area contributed by atoms with Crippen LogP contribution in [0.2, 0.25) is 0 Å². The largest absolute Gasteiger partial charge is 0.475 e. The van der Waals surface area contributed by atoms with E-state index < -0.39 is 0 Å². The Hall–Kier alpha value is -2.78. The van der Waals surface area contributed by atoms with Crippen LogP contribution < -0.4 is 4.74 Å². The molecule has 0 radical (unpaired) electrons. The minimum atomic E-state index is -0.244. The highest BCUT2D eigenvalue weighted by Crippen LogP contribution is 2.22. The van der Waals surface area contributed by atoms with E-state index in [9.17, 15) is 4.79 Å². The molecule has 2 aromatic heterocycles. The van der Waals surface area contributed by atoms with Gasteiger partial charge in [-0.25, -0.2) is 4.98 Å². The Kier molecular flexibility index (Phi) is 6.10. The highest BCUT2D eigenvalue weighted by atomic mass is 79.9. The minimum absolute atomic E-state index is 0.0569. The van der Waals surface area contributed by atoms with Crippen LogP contribution in [-0.4, -0.2) is 62.7 Å². The van der Waals surface area contributed by atoms with Gasteiger partial charge in [0.25, 0.3) is 5.91 Å². The van der Waals surface area contributed by atoms with Crippen molar-refractivity contribution in [1.29, 1.82) is 0 Å². The van der Waals surface area contributed by atoms with Gasteiger partial charge in [0.1, 0.15) is 12.7 Å². The predicted molar refractivity (Wildman–Crippen MR) is 114 cm³/mol. The zero-order valence-corrected chi connectivity index (χ0v) is 18.3. The lowest BCUT2D eigenvalue weighted by atomic mass is 10.1. The monoisotopic (exact) mass is 471 g/mol. The third kappa shape index (κ3) is 4.52. The summed E-state index contributed by atoms with van der Waals surface area (Å²) < 4.78 is 12.5. The SMILES string of the molecule is Cc1ccc(-n2nccn2)c(C(=O)N2C[C@H](COc3ccc(Br)cn3)OC[C@@H]2C)c1. The van der Waals surface area contributed by atoms with E-state index in [2.05, 4.69) is 31.1 Å². The van der Waals surface area contributed by atoms with Crippen LogP contribution in [0.4, 0.5) is 0 Å². The van der Waals surface area contributed by atoms with Crippen LogP contribution in [0.5, 0.6) is 5.88 Å². The van der Waals surface area contributed by atoms with Crippen LogP contribution in [-0.2, 0) is 4.74 Å². The number of nitrogens with zero attached hydrogens (tertiary/aromatic N) is 5. The molecule has 1 aliphatic heterocycles. The van der Waals surface area contributed by atoms with E-state index in [4.69, 9.17) is 9.47 Å². The van der Waals surface area contributed by atoms with Gasteiger partial charge in [-0.1, -0.05) is 11.6 Å². The van der Waals surface area contributed by atoms with E-state index in [1.54, 1.807) is 24.7 Å². The molecule has 0 spiro atoms. The van der Waals surface area contributed by atoms with E-state index in [1.807, 2.05) is 43.0 Å². The molecule has 1 aliphatic rings. The van der Waals surface area contributed by atoms with Gasteiger partial charge in [0.2, 0.25) is 5.88 Å². The van der Waals surface area contributed by atoms with Crippen molar-refractivity contribution < 1.29 is 14.3 Å². The molecule has 4 rings (SSSR count). The summed E-state index contributed by atoms with van der Waals surface area (Å²) in [5.74, 6) is 0.442. The Balaban J connectivity index is 1.50. The van der Waals surface area contributed by atoms with Crippen LogP contribution in [0, 0.1) is 6.92 Å². The molecule has 0 N–H and O–H groups in total. The molecule has 1 saturated heterocycles. The minimum Gasteiger partial charge on any atom is -0.475 e. The first kappa shape index (κ1) is 20.5. The quantitative estimate of drug-likeness (QED) is 0.568. The number of amides is 1. The first-order valence-electron chi connectivity index (χ1n) is 9.65. The van der Waals surface area contributed by atoms with E-state index in [-0.39, 0.29) is 18.1 Å². The second-order valence-corrected chi connectivity index (χ2v) is 8.14. The molecular weight excluding hydrogens is 450 g/mol. The maximum Gasteiger partial charge on any atom is 0.256 e. The van der Waals surface area contributed by atoms with Crippen LogP contribution >= 0.6 is 15.9 Å². The topological polar surface area (TPSA) is 82.4 Å². The highest BCUT2D eigenvalue weighted by Gasteiger charge is 2.32. The lowest BCUT2D eigenvalue weighted by Gasteiger charge is -2.38. The van der Waals surface area contributed by atoms with Crippen LogP contribution in [0.15, 0.2) is 53.4 Å². The fourth-order valence-corrected chi connectivity index (χ4v) is 3.55. The number of carbonyl (C=O) groups is 1. The number of rotatable bonds is 5. The van der Waals surface area contributed by atoms with Gasteiger partial charge in [-0.2, -0.15) is 15.0 Å². The number of halogens is 1. The second kappa shape index (κ2) is 8.93. The van der Waals surface area contributed by atoms with E-state index in [0.717, 1.165) is 10.0 Å². The molecule has 0 unspecified atom stereocenters. The van der Waals surface area contributed by atoms with Crippen molar-refractivity contribution in [3.05, 3.63) is 64.5 Å². The average molecular weight is 472 g/mol. The fraction of sp³-hybridized carbons (Fsp3) is 0.333. The molecule has 2 atom stereocenters. The number of morpholine rings is 1. The van der Waals surface area contributed by atoms with E-state index in [0.29, 0.717) is 36.9 Å². The highest BCUT2D eigenvalue weighted by molar-refractivity contribution is 9.10. The number of aromatic nitrogens is 4. The molecule has 0 saturated carbocycles. The van der Waals surface area contributed by atoms with Gasteiger partial charge >= 0.3 is 0 Å². The lowest BCUT2D eigenvalue weighted by Crippen LogP contribution is -2.52. The Morgan fingerprint density at radius 2 is 2.07 bits per heavy atom.